The summed E-state index contributed by atoms with van der Waals surface area (Å²) in [5, 5.41) is 7.13. The van der Waals surface area contributed by atoms with E-state index in [9.17, 15) is 24.0 Å². The van der Waals surface area contributed by atoms with Gasteiger partial charge in [0.15, 0.2) is 5.78 Å². The summed E-state index contributed by atoms with van der Waals surface area (Å²) < 4.78 is 2.19. The van der Waals surface area contributed by atoms with Crippen LogP contribution in [0.3, 0.4) is 0 Å². The molecular formula is C37H54N4O5. The van der Waals surface area contributed by atoms with Crippen LogP contribution in [0.5, 0.6) is 0 Å². The van der Waals surface area contributed by atoms with Crippen molar-refractivity contribution in [3.8, 4) is 0 Å². The predicted octanol–water partition coefficient (Wildman–Crippen LogP) is 5.51. The number of hydrogen-bond acceptors (Lipinski definition) is 5. The molecular weight excluding hydrogens is 580 g/mol. The van der Waals surface area contributed by atoms with Crippen LogP contribution in [0.25, 0.3) is 10.9 Å². The molecule has 9 nitrogen and oxygen atoms in total. The number of benzene rings is 1. The highest BCUT2D eigenvalue weighted by atomic mass is 16.2. The number of nitrogens with one attached hydrogen (secondary N) is 2. The Balaban J connectivity index is 1.67. The highest BCUT2D eigenvalue weighted by molar-refractivity contribution is 5.98. The molecule has 9 heteroatoms. The topological polar surface area (TPSA) is 118 Å². The molecule has 2 fully saturated rings. The number of rotatable bonds is 13. The van der Waals surface area contributed by atoms with Gasteiger partial charge in [0.25, 0.3) is 0 Å². The molecule has 2 aliphatic rings. The van der Waals surface area contributed by atoms with Crippen molar-refractivity contribution in [3.05, 3.63) is 36.0 Å². The molecule has 1 aromatic heterocycles. The first kappa shape index (κ1) is 35.4. The molecule has 0 saturated carbocycles. The molecule has 3 heterocycles. The molecule has 1 unspecified atom stereocenters. The largest absolute Gasteiger partial charge is 0.347 e. The standard InChI is InChI=1S/C37H54N4O5/c1-5-20-40-24-27(29-17-11-12-18-31(29)40)22-30-36(45)39-34(25(4)6-2)37(46)41-21-14-13-19-32(41)33(43)23-26(35(44)38-30)15-9-8-10-16-28(42)7-3/h11-12,17-18,24-26,30,32,34H,5-10,13-16,19-23H2,1-4H3,(H,38,44)(H,39,45)/t25?,26-,30-,32-,34+/m1/s1. The van der Waals surface area contributed by atoms with Crippen LogP contribution in [0.2, 0.25) is 0 Å². The number of carbonyl (C=O) groups excluding carboxylic acids is 5. The quantitative estimate of drug-likeness (QED) is 0.282. The second-order valence-corrected chi connectivity index (χ2v) is 13.4. The number of hydrogen-bond donors (Lipinski definition) is 2. The number of nitrogens with zero attached hydrogens (tertiary/aromatic N) is 2. The normalized spacial score (nSPS) is 23.7. The number of para-hydroxylation sites is 1. The maximum atomic E-state index is 14.1. The van der Waals surface area contributed by atoms with Crippen LogP contribution in [0.15, 0.2) is 30.5 Å². The van der Waals surface area contributed by atoms with E-state index in [1.165, 1.54) is 0 Å². The van der Waals surface area contributed by atoms with Crippen LogP contribution in [0.4, 0.5) is 0 Å². The summed E-state index contributed by atoms with van der Waals surface area (Å²) in [5.74, 6) is -1.50. The summed E-state index contributed by atoms with van der Waals surface area (Å²) in [7, 11) is 0. The van der Waals surface area contributed by atoms with Crippen molar-refractivity contribution in [1.82, 2.24) is 20.1 Å². The Bertz CT molecular complexity index is 1380. The lowest BCUT2D eigenvalue weighted by Crippen LogP contribution is -2.61. The monoisotopic (exact) mass is 634 g/mol. The van der Waals surface area contributed by atoms with Crippen molar-refractivity contribution < 1.29 is 24.0 Å². The summed E-state index contributed by atoms with van der Waals surface area (Å²) in [4.78, 5) is 69.6. The molecule has 3 amide bonds. The summed E-state index contributed by atoms with van der Waals surface area (Å²) >= 11 is 0. The minimum Gasteiger partial charge on any atom is -0.347 e. The lowest BCUT2D eigenvalue weighted by atomic mass is 9.87. The van der Waals surface area contributed by atoms with Gasteiger partial charge in [-0.25, -0.2) is 0 Å². The van der Waals surface area contributed by atoms with Gasteiger partial charge in [-0.05, 0) is 56.1 Å². The van der Waals surface area contributed by atoms with Gasteiger partial charge < -0.3 is 20.1 Å². The lowest BCUT2D eigenvalue weighted by Gasteiger charge is -2.39. The zero-order valence-electron chi connectivity index (χ0n) is 28.3. The third-order valence-electron chi connectivity index (χ3n) is 10.0. The van der Waals surface area contributed by atoms with Crippen LogP contribution in [-0.4, -0.2) is 63.4 Å². The molecule has 0 aliphatic carbocycles. The SMILES string of the molecule is CCCn1cc(C[C@H]2NC(=O)[C@H](CCCCCC(=O)CC)CC(=O)[C@H]3CCCCN3C(=O)[C@H](C(C)CC)NC2=O)c2ccccc21. The summed E-state index contributed by atoms with van der Waals surface area (Å²) in [6, 6.07) is 5.80. The highest BCUT2D eigenvalue weighted by Gasteiger charge is 2.40. The van der Waals surface area contributed by atoms with Gasteiger partial charge in [0.1, 0.15) is 17.9 Å². The molecule has 252 valence electrons. The molecule has 46 heavy (non-hydrogen) atoms. The van der Waals surface area contributed by atoms with Gasteiger partial charge in [-0.1, -0.05) is 65.2 Å². The third-order valence-corrected chi connectivity index (χ3v) is 10.0. The maximum Gasteiger partial charge on any atom is 0.246 e. The van der Waals surface area contributed by atoms with Crippen molar-refractivity contribution in [3.63, 3.8) is 0 Å². The molecule has 2 N–H and O–H groups in total. The van der Waals surface area contributed by atoms with Crippen LogP contribution >= 0.6 is 0 Å². The van der Waals surface area contributed by atoms with Gasteiger partial charge in [-0.2, -0.15) is 0 Å². The highest BCUT2D eigenvalue weighted by Crippen LogP contribution is 2.27. The van der Waals surface area contributed by atoms with Gasteiger partial charge >= 0.3 is 0 Å². The first-order valence-electron chi connectivity index (χ1n) is 17.7. The lowest BCUT2D eigenvalue weighted by molar-refractivity contribution is -0.147. The number of unbranched alkanes of at least 4 members (excludes halogenated alkanes) is 2. The molecule has 4 rings (SSSR count). The Hall–Kier alpha value is -3.49. The summed E-state index contributed by atoms with van der Waals surface area (Å²) in [5.41, 5.74) is 2.03. The number of ketones is 2. The molecule has 2 aromatic rings. The van der Waals surface area contributed by atoms with Crippen LogP contribution in [0.1, 0.15) is 110 Å². The fraction of sp³-hybridized carbons (Fsp3) is 0.649. The number of aromatic nitrogens is 1. The van der Waals surface area contributed by atoms with E-state index >= 15 is 0 Å². The molecule has 0 radical (unpaired) electrons. The number of piperidine rings is 1. The molecule has 2 aliphatic heterocycles. The maximum absolute atomic E-state index is 14.1. The minimum absolute atomic E-state index is 0.0340. The van der Waals surface area contributed by atoms with Crippen molar-refractivity contribution in [2.75, 3.05) is 6.54 Å². The molecule has 5 atom stereocenters. The summed E-state index contributed by atoms with van der Waals surface area (Å²) in [6.07, 6.45) is 10.00. The molecule has 0 bridgehead atoms. The van der Waals surface area contributed by atoms with Crippen LogP contribution in [0, 0.1) is 11.8 Å². The van der Waals surface area contributed by atoms with Crippen molar-refractivity contribution in [1.29, 1.82) is 0 Å². The van der Waals surface area contributed by atoms with Gasteiger partial charge in [0.2, 0.25) is 17.7 Å². The third kappa shape index (κ3) is 8.65. The molecule has 2 saturated heterocycles. The number of fused-ring (bicyclic) bond motifs is 2. The van der Waals surface area contributed by atoms with Gasteiger partial charge in [0, 0.05) is 61.8 Å². The van der Waals surface area contributed by atoms with Crippen LogP contribution < -0.4 is 10.6 Å². The van der Waals surface area contributed by atoms with Crippen molar-refractivity contribution >= 4 is 40.2 Å². The Labute approximate surface area is 274 Å². The van der Waals surface area contributed by atoms with E-state index in [4.69, 9.17) is 0 Å². The van der Waals surface area contributed by atoms with Crippen LogP contribution in [-0.2, 0) is 36.9 Å². The Morgan fingerprint density at radius 1 is 0.978 bits per heavy atom. The zero-order chi connectivity index (χ0) is 33.2. The molecule has 0 spiro atoms. The first-order valence-corrected chi connectivity index (χ1v) is 17.7. The zero-order valence-corrected chi connectivity index (χ0v) is 28.3. The smallest absolute Gasteiger partial charge is 0.246 e. The summed E-state index contributed by atoms with van der Waals surface area (Å²) in [6.45, 7) is 9.23. The number of carbonyl (C=O) groups is 5. The number of Topliss-reactive ketones (excluding diaryl/α,β-unsaturated/α-hetero) is 2. The van der Waals surface area contributed by atoms with E-state index in [0.29, 0.717) is 45.1 Å². The minimum atomic E-state index is -0.913. The van der Waals surface area contributed by atoms with E-state index in [1.807, 2.05) is 39.0 Å². The van der Waals surface area contributed by atoms with Gasteiger partial charge in [-0.15, -0.1) is 0 Å². The second kappa shape index (κ2) is 16.9. The second-order valence-electron chi connectivity index (χ2n) is 13.4. The average Bonchev–Trinajstić information content (AvgIpc) is 3.41. The van der Waals surface area contributed by atoms with E-state index in [1.54, 1.807) is 4.90 Å². The fourth-order valence-electron chi connectivity index (χ4n) is 7.05. The Morgan fingerprint density at radius 3 is 2.50 bits per heavy atom. The Morgan fingerprint density at radius 2 is 1.76 bits per heavy atom. The van der Waals surface area contributed by atoms with E-state index < -0.39 is 24.0 Å². The average molecular weight is 635 g/mol. The number of amides is 3. The van der Waals surface area contributed by atoms with Gasteiger partial charge in [0.05, 0.1) is 6.04 Å². The predicted molar refractivity (Wildman–Crippen MR) is 180 cm³/mol. The first-order chi connectivity index (χ1) is 22.2. The fourth-order valence-corrected chi connectivity index (χ4v) is 7.05. The van der Waals surface area contributed by atoms with Crippen molar-refractivity contribution in [2.45, 2.75) is 136 Å². The van der Waals surface area contributed by atoms with E-state index in [0.717, 1.165) is 55.1 Å². The number of aryl methyl sites for hydroxylation is 1. The van der Waals surface area contributed by atoms with E-state index in [2.05, 4.69) is 34.4 Å². The van der Waals surface area contributed by atoms with Gasteiger partial charge in [-0.3, -0.25) is 24.0 Å². The van der Waals surface area contributed by atoms with E-state index in [-0.39, 0.29) is 48.0 Å². The molecule has 1 aromatic carbocycles. The Kier molecular flexibility index (Phi) is 13.0. The van der Waals surface area contributed by atoms with Crippen molar-refractivity contribution in [2.24, 2.45) is 11.8 Å².